The van der Waals surface area contributed by atoms with Gasteiger partial charge in [-0.25, -0.2) is 14.5 Å². The van der Waals surface area contributed by atoms with Crippen LogP contribution in [0.3, 0.4) is 0 Å². The molecule has 1 aromatic heterocycles. The number of methoxy groups -OCH3 is 1. The molecule has 2 aromatic rings. The van der Waals surface area contributed by atoms with Crippen LogP contribution in [0.5, 0.6) is 0 Å². The van der Waals surface area contributed by atoms with Gasteiger partial charge in [-0.15, -0.1) is 0 Å². The zero-order chi connectivity index (χ0) is 20.4. The normalized spacial score (nSPS) is 15.1. The van der Waals surface area contributed by atoms with Gasteiger partial charge in [0.15, 0.2) is 0 Å². The fraction of sp³-hybridized carbons (Fsp3) is 0.158. The Hall–Kier alpha value is -3.88. The third-order valence-corrected chi connectivity index (χ3v) is 4.14. The molecule has 0 bridgehead atoms. The van der Waals surface area contributed by atoms with Crippen LogP contribution < -0.4 is 5.32 Å². The quantitative estimate of drug-likeness (QED) is 0.459. The van der Waals surface area contributed by atoms with Crippen molar-refractivity contribution in [2.24, 2.45) is 0 Å². The molecule has 1 aliphatic heterocycles. The Morgan fingerprint density at radius 2 is 2.00 bits per heavy atom. The maximum absolute atomic E-state index is 12.3. The third-order valence-electron chi connectivity index (χ3n) is 4.14. The van der Waals surface area contributed by atoms with Gasteiger partial charge in [-0.1, -0.05) is 6.07 Å². The van der Waals surface area contributed by atoms with E-state index in [9.17, 15) is 19.2 Å². The molecule has 9 heteroatoms. The summed E-state index contributed by atoms with van der Waals surface area (Å²) in [6, 6.07) is 7.14. The van der Waals surface area contributed by atoms with Crippen LogP contribution in [0.1, 0.15) is 21.7 Å². The van der Waals surface area contributed by atoms with Crippen molar-refractivity contribution in [2.45, 2.75) is 6.92 Å². The number of furan rings is 1. The summed E-state index contributed by atoms with van der Waals surface area (Å²) in [5, 5.41) is 11.5. The van der Waals surface area contributed by atoms with E-state index in [2.05, 4.69) is 10.1 Å². The van der Waals surface area contributed by atoms with Crippen molar-refractivity contribution in [3.8, 4) is 11.3 Å². The number of ether oxygens (including phenoxy) is 1. The lowest BCUT2D eigenvalue weighted by molar-refractivity contribution is -0.143. The van der Waals surface area contributed by atoms with Crippen molar-refractivity contribution in [2.75, 3.05) is 13.7 Å². The van der Waals surface area contributed by atoms with E-state index in [4.69, 9.17) is 9.52 Å². The van der Waals surface area contributed by atoms with Gasteiger partial charge >= 0.3 is 18.0 Å². The molecular weight excluding hydrogens is 368 g/mol. The van der Waals surface area contributed by atoms with E-state index in [1.165, 1.54) is 18.2 Å². The second-order valence-corrected chi connectivity index (χ2v) is 5.99. The Morgan fingerprint density at radius 3 is 2.68 bits per heavy atom. The van der Waals surface area contributed by atoms with Crippen molar-refractivity contribution in [1.29, 1.82) is 0 Å². The van der Waals surface area contributed by atoms with Gasteiger partial charge < -0.3 is 19.6 Å². The molecule has 0 aliphatic carbocycles. The minimum absolute atomic E-state index is 0.0502. The van der Waals surface area contributed by atoms with Crippen molar-refractivity contribution in [3.05, 3.63) is 52.9 Å². The minimum atomic E-state index is -1.06. The molecule has 1 fully saturated rings. The number of hydrogen-bond acceptors (Lipinski definition) is 6. The lowest BCUT2D eigenvalue weighted by atomic mass is 10.0. The van der Waals surface area contributed by atoms with Gasteiger partial charge in [0.1, 0.15) is 23.8 Å². The third kappa shape index (κ3) is 3.63. The van der Waals surface area contributed by atoms with Crippen molar-refractivity contribution < 1.29 is 33.4 Å². The standard InChI is InChI=1S/C19H16N2O7/c1-10-3-4-11(18(24)25)7-13(10)15-6-5-12(28-15)8-14-17(23)21(19(26)20-14)9-16(22)27-2/h3-8H,9H2,1-2H3,(H,20,26)(H,24,25). The van der Waals surface area contributed by atoms with Crippen LogP contribution in [-0.2, 0) is 14.3 Å². The van der Waals surface area contributed by atoms with Gasteiger partial charge in [0.2, 0.25) is 0 Å². The summed E-state index contributed by atoms with van der Waals surface area (Å²) in [6.45, 7) is 1.32. The smallest absolute Gasteiger partial charge is 0.335 e. The first-order chi connectivity index (χ1) is 13.3. The topological polar surface area (TPSA) is 126 Å². The Morgan fingerprint density at radius 1 is 1.25 bits per heavy atom. The van der Waals surface area contributed by atoms with Crippen LogP contribution in [0.15, 0.2) is 40.4 Å². The number of urea groups is 1. The SMILES string of the molecule is COC(=O)CN1C(=O)NC(=Cc2ccc(-c3cc(C(=O)O)ccc3C)o2)C1=O. The molecular formula is C19H16N2O7. The van der Waals surface area contributed by atoms with Crippen molar-refractivity contribution in [1.82, 2.24) is 10.2 Å². The van der Waals surface area contributed by atoms with E-state index < -0.39 is 30.4 Å². The molecule has 3 amide bonds. The Labute approximate surface area is 159 Å². The van der Waals surface area contributed by atoms with Gasteiger partial charge in [-0.2, -0.15) is 0 Å². The monoisotopic (exact) mass is 384 g/mol. The van der Waals surface area contributed by atoms with Crippen LogP contribution in [0.2, 0.25) is 0 Å². The van der Waals surface area contributed by atoms with E-state index in [0.717, 1.165) is 17.6 Å². The number of amides is 3. The van der Waals surface area contributed by atoms with Crippen LogP contribution >= 0.6 is 0 Å². The number of benzene rings is 1. The summed E-state index contributed by atoms with van der Waals surface area (Å²) in [5.41, 5.74) is 1.48. The zero-order valence-corrected chi connectivity index (χ0v) is 15.0. The summed E-state index contributed by atoms with van der Waals surface area (Å²) in [5.74, 6) is -1.77. The summed E-state index contributed by atoms with van der Waals surface area (Å²) >= 11 is 0. The van der Waals surface area contributed by atoms with E-state index >= 15 is 0 Å². The van der Waals surface area contributed by atoms with Crippen molar-refractivity contribution >= 4 is 30.0 Å². The summed E-state index contributed by atoms with van der Waals surface area (Å²) in [6.07, 6.45) is 1.33. The predicted octanol–water partition coefficient (Wildman–Crippen LogP) is 2.02. The van der Waals surface area contributed by atoms with Crippen molar-refractivity contribution in [3.63, 3.8) is 0 Å². The maximum Gasteiger partial charge on any atom is 0.335 e. The van der Waals surface area contributed by atoms with Gasteiger partial charge in [0, 0.05) is 11.6 Å². The molecule has 0 saturated carbocycles. The number of hydrogen-bond donors (Lipinski definition) is 2. The molecule has 0 radical (unpaired) electrons. The van der Waals surface area contributed by atoms with Gasteiger partial charge in [0.25, 0.3) is 5.91 Å². The minimum Gasteiger partial charge on any atom is -0.478 e. The van der Waals surface area contributed by atoms with E-state index in [1.54, 1.807) is 18.2 Å². The number of esters is 1. The molecule has 0 spiro atoms. The number of nitrogens with one attached hydrogen (secondary N) is 1. The van der Waals surface area contributed by atoms with Gasteiger partial charge in [0.05, 0.1) is 12.7 Å². The number of aryl methyl sites for hydroxylation is 1. The molecule has 9 nitrogen and oxygen atoms in total. The molecule has 1 aliphatic rings. The molecule has 28 heavy (non-hydrogen) atoms. The highest BCUT2D eigenvalue weighted by Gasteiger charge is 2.35. The molecule has 1 saturated heterocycles. The molecule has 2 N–H and O–H groups in total. The summed E-state index contributed by atoms with van der Waals surface area (Å²) in [4.78, 5) is 47.4. The highest BCUT2D eigenvalue weighted by Crippen LogP contribution is 2.28. The maximum atomic E-state index is 12.3. The predicted molar refractivity (Wildman–Crippen MR) is 96.1 cm³/mol. The number of nitrogens with zero attached hydrogens (tertiary/aromatic N) is 1. The van der Waals surface area contributed by atoms with Crippen LogP contribution in [0, 0.1) is 6.92 Å². The second-order valence-electron chi connectivity index (χ2n) is 5.99. The van der Waals surface area contributed by atoms with Gasteiger partial charge in [-0.05, 0) is 36.8 Å². The highest BCUT2D eigenvalue weighted by molar-refractivity contribution is 6.15. The summed E-state index contributed by atoms with van der Waals surface area (Å²) < 4.78 is 10.1. The number of carbonyl (C=O) groups is 4. The lowest BCUT2D eigenvalue weighted by Crippen LogP contribution is -2.36. The number of imide groups is 1. The number of carboxylic acids is 1. The molecule has 2 heterocycles. The average molecular weight is 384 g/mol. The Bertz CT molecular complexity index is 1020. The number of carboxylic acid groups (broad SMARTS) is 1. The average Bonchev–Trinajstić information content (AvgIpc) is 3.22. The molecule has 0 unspecified atom stereocenters. The van der Waals surface area contributed by atoms with E-state index in [-0.39, 0.29) is 17.0 Å². The number of rotatable bonds is 5. The molecule has 1 aromatic carbocycles. The van der Waals surface area contributed by atoms with Crippen LogP contribution in [0.25, 0.3) is 17.4 Å². The Balaban J connectivity index is 1.86. The first-order valence-corrected chi connectivity index (χ1v) is 8.15. The largest absolute Gasteiger partial charge is 0.478 e. The first kappa shape index (κ1) is 18.9. The first-order valence-electron chi connectivity index (χ1n) is 8.15. The lowest BCUT2D eigenvalue weighted by Gasteiger charge is -2.08. The van der Waals surface area contributed by atoms with Crippen LogP contribution in [0.4, 0.5) is 4.79 Å². The molecule has 0 atom stereocenters. The number of carbonyl (C=O) groups excluding carboxylic acids is 3. The fourth-order valence-electron chi connectivity index (χ4n) is 2.65. The Kier molecular flexibility index (Phi) is 4.99. The van der Waals surface area contributed by atoms with E-state index in [1.807, 2.05) is 6.92 Å². The fourth-order valence-corrected chi connectivity index (χ4v) is 2.65. The zero-order valence-electron chi connectivity index (χ0n) is 15.0. The number of aromatic carboxylic acids is 1. The second kappa shape index (κ2) is 7.39. The van der Waals surface area contributed by atoms with Crippen LogP contribution in [-0.4, -0.2) is 47.5 Å². The summed E-state index contributed by atoms with van der Waals surface area (Å²) in [7, 11) is 1.16. The van der Waals surface area contributed by atoms with E-state index in [0.29, 0.717) is 11.3 Å². The highest BCUT2D eigenvalue weighted by atomic mass is 16.5. The van der Waals surface area contributed by atoms with Gasteiger partial charge in [-0.3, -0.25) is 9.59 Å². The molecule has 144 valence electrons. The molecule has 3 rings (SSSR count).